The number of ether oxygens (including phenoxy) is 3. The van der Waals surface area contributed by atoms with Gasteiger partial charge in [0.1, 0.15) is 11.8 Å². The van der Waals surface area contributed by atoms with Crippen molar-refractivity contribution in [1.29, 1.82) is 0 Å². The molecule has 1 atom stereocenters. The summed E-state index contributed by atoms with van der Waals surface area (Å²) in [5, 5.41) is 4.13. The summed E-state index contributed by atoms with van der Waals surface area (Å²) < 4.78 is 22.1. The smallest absolute Gasteiger partial charge is 0.249 e. The fraction of sp³-hybridized carbons (Fsp3) is 0.400. The van der Waals surface area contributed by atoms with E-state index in [2.05, 4.69) is 10.1 Å². The summed E-state index contributed by atoms with van der Waals surface area (Å²) >= 11 is 0. The molecule has 2 heterocycles. The lowest BCUT2D eigenvalue weighted by Crippen LogP contribution is -2.32. The summed E-state index contributed by atoms with van der Waals surface area (Å²) in [5.74, 6) is 3.09. The van der Waals surface area contributed by atoms with Crippen molar-refractivity contribution >= 4 is 5.91 Å². The van der Waals surface area contributed by atoms with Crippen LogP contribution in [0.2, 0.25) is 0 Å². The average molecular weight is 452 g/mol. The van der Waals surface area contributed by atoms with Gasteiger partial charge in [-0.25, -0.2) is 0 Å². The van der Waals surface area contributed by atoms with Crippen molar-refractivity contribution in [2.75, 3.05) is 26.9 Å². The van der Waals surface area contributed by atoms with Crippen LogP contribution in [0.15, 0.2) is 47.0 Å². The normalized spacial score (nSPS) is 15.5. The van der Waals surface area contributed by atoms with Gasteiger partial charge in [-0.15, -0.1) is 0 Å². The second-order valence-electron chi connectivity index (χ2n) is 7.75. The average Bonchev–Trinajstić information content (AvgIpc) is 3.51. The first-order valence-electron chi connectivity index (χ1n) is 11.3. The highest BCUT2D eigenvalue weighted by atomic mass is 16.5. The maximum Gasteiger partial charge on any atom is 0.249 e. The van der Waals surface area contributed by atoms with E-state index in [0.717, 1.165) is 29.7 Å². The second kappa shape index (κ2) is 10.4. The number of amides is 1. The molecule has 0 bridgehead atoms. The quantitative estimate of drug-likeness (QED) is 0.475. The molecule has 1 fully saturated rings. The molecule has 1 aliphatic rings. The van der Waals surface area contributed by atoms with Gasteiger partial charge in [-0.2, -0.15) is 4.98 Å². The lowest BCUT2D eigenvalue weighted by atomic mass is 10.1. The third kappa shape index (κ3) is 5.10. The van der Waals surface area contributed by atoms with Crippen LogP contribution in [0.4, 0.5) is 0 Å². The van der Waals surface area contributed by atoms with Gasteiger partial charge in [-0.05, 0) is 68.7 Å². The van der Waals surface area contributed by atoms with Gasteiger partial charge in [-0.1, -0.05) is 11.2 Å². The van der Waals surface area contributed by atoms with Gasteiger partial charge in [0.15, 0.2) is 11.5 Å². The number of likely N-dealkylation sites (tertiary alicyclic amines) is 1. The minimum Gasteiger partial charge on any atom is -0.497 e. The maximum atomic E-state index is 13.2. The van der Waals surface area contributed by atoms with E-state index in [0.29, 0.717) is 43.0 Å². The zero-order valence-corrected chi connectivity index (χ0v) is 19.2. The number of rotatable bonds is 9. The monoisotopic (exact) mass is 451 g/mol. The molecule has 1 aliphatic heterocycles. The largest absolute Gasteiger partial charge is 0.497 e. The van der Waals surface area contributed by atoms with E-state index < -0.39 is 0 Å². The van der Waals surface area contributed by atoms with E-state index in [1.54, 1.807) is 7.11 Å². The molecule has 0 N–H and O–H groups in total. The van der Waals surface area contributed by atoms with E-state index in [-0.39, 0.29) is 18.4 Å². The highest BCUT2D eigenvalue weighted by molar-refractivity contribution is 5.79. The number of carbonyl (C=O) groups is 1. The van der Waals surface area contributed by atoms with Gasteiger partial charge in [0.2, 0.25) is 17.6 Å². The van der Waals surface area contributed by atoms with Gasteiger partial charge in [0.05, 0.1) is 26.7 Å². The van der Waals surface area contributed by atoms with Crippen LogP contribution in [0.5, 0.6) is 17.2 Å². The molecule has 0 aliphatic carbocycles. The first-order chi connectivity index (χ1) is 16.1. The van der Waals surface area contributed by atoms with Crippen LogP contribution in [-0.4, -0.2) is 47.8 Å². The van der Waals surface area contributed by atoms with Crippen molar-refractivity contribution in [2.45, 2.75) is 39.2 Å². The Balaban J connectivity index is 1.47. The number of benzene rings is 2. The van der Waals surface area contributed by atoms with E-state index in [4.69, 9.17) is 18.7 Å². The van der Waals surface area contributed by atoms with Gasteiger partial charge in [0, 0.05) is 12.1 Å². The fourth-order valence-corrected chi connectivity index (χ4v) is 4.03. The SMILES string of the molecule is CCOc1ccc(CC(=O)N2CCC[C@H]2c2nc(-c3ccc(OC)cc3)no2)cc1OCC. The molecule has 33 heavy (non-hydrogen) atoms. The minimum atomic E-state index is -0.217. The summed E-state index contributed by atoms with van der Waals surface area (Å²) in [7, 11) is 1.62. The third-order valence-corrected chi connectivity index (χ3v) is 5.61. The van der Waals surface area contributed by atoms with E-state index in [9.17, 15) is 4.79 Å². The zero-order valence-electron chi connectivity index (χ0n) is 19.2. The lowest BCUT2D eigenvalue weighted by molar-refractivity contribution is -0.131. The van der Waals surface area contributed by atoms with Crippen LogP contribution in [0.3, 0.4) is 0 Å². The van der Waals surface area contributed by atoms with Crippen molar-refractivity contribution in [1.82, 2.24) is 15.0 Å². The standard InChI is InChI=1S/C25H29N3O5/c1-4-31-21-13-8-17(15-22(21)32-5-2)16-23(29)28-14-6-7-20(28)25-26-24(27-33-25)18-9-11-19(30-3)12-10-18/h8-13,15,20H,4-7,14,16H2,1-3H3/t20-/m0/s1. The maximum absolute atomic E-state index is 13.2. The highest BCUT2D eigenvalue weighted by Crippen LogP contribution is 2.34. The first-order valence-corrected chi connectivity index (χ1v) is 11.3. The Morgan fingerprint density at radius 2 is 1.85 bits per heavy atom. The molecule has 0 unspecified atom stereocenters. The van der Waals surface area contributed by atoms with Crippen molar-refractivity contribution in [3.05, 3.63) is 53.9 Å². The Morgan fingerprint density at radius 1 is 1.09 bits per heavy atom. The van der Waals surface area contributed by atoms with Crippen LogP contribution >= 0.6 is 0 Å². The lowest BCUT2D eigenvalue weighted by Gasteiger charge is -2.22. The summed E-state index contributed by atoms with van der Waals surface area (Å²) in [6.45, 7) is 5.60. The Kier molecular flexibility index (Phi) is 7.12. The van der Waals surface area contributed by atoms with E-state index >= 15 is 0 Å². The highest BCUT2D eigenvalue weighted by Gasteiger charge is 2.34. The fourth-order valence-electron chi connectivity index (χ4n) is 4.03. The number of methoxy groups -OCH3 is 1. The molecule has 3 aromatic rings. The van der Waals surface area contributed by atoms with E-state index in [1.165, 1.54) is 0 Å². The van der Waals surface area contributed by atoms with Gasteiger partial charge < -0.3 is 23.6 Å². The van der Waals surface area contributed by atoms with Crippen molar-refractivity contribution < 1.29 is 23.5 Å². The molecule has 4 rings (SSSR count). The molecule has 1 saturated heterocycles. The van der Waals surface area contributed by atoms with Crippen molar-refractivity contribution in [3.63, 3.8) is 0 Å². The Labute approximate surface area is 193 Å². The van der Waals surface area contributed by atoms with Gasteiger partial charge in [-0.3, -0.25) is 4.79 Å². The first kappa shape index (κ1) is 22.6. The molecule has 174 valence electrons. The molecule has 0 saturated carbocycles. The molecule has 0 spiro atoms. The number of aromatic nitrogens is 2. The molecule has 2 aromatic carbocycles. The second-order valence-corrected chi connectivity index (χ2v) is 7.75. The summed E-state index contributed by atoms with van der Waals surface area (Å²) in [6.07, 6.45) is 1.95. The van der Waals surface area contributed by atoms with Crippen molar-refractivity contribution in [3.8, 4) is 28.6 Å². The third-order valence-electron chi connectivity index (χ3n) is 5.61. The summed E-state index contributed by atoms with van der Waals surface area (Å²) in [4.78, 5) is 19.6. The molecular formula is C25H29N3O5. The summed E-state index contributed by atoms with van der Waals surface area (Å²) in [6, 6.07) is 12.9. The van der Waals surface area contributed by atoms with Crippen molar-refractivity contribution in [2.24, 2.45) is 0 Å². The van der Waals surface area contributed by atoms with Crippen LogP contribution in [0.1, 0.15) is 44.2 Å². The Bertz CT molecular complexity index is 1080. The number of hydrogen-bond donors (Lipinski definition) is 0. The predicted molar refractivity (Wildman–Crippen MR) is 122 cm³/mol. The molecule has 0 radical (unpaired) electrons. The molecule has 8 heteroatoms. The molecule has 1 amide bonds. The molecule has 8 nitrogen and oxygen atoms in total. The predicted octanol–water partition coefficient (Wildman–Crippen LogP) is 4.45. The van der Waals surface area contributed by atoms with Crippen LogP contribution in [0, 0.1) is 0 Å². The van der Waals surface area contributed by atoms with Gasteiger partial charge >= 0.3 is 0 Å². The molecular weight excluding hydrogens is 422 g/mol. The Morgan fingerprint density at radius 3 is 2.58 bits per heavy atom. The van der Waals surface area contributed by atoms with Gasteiger partial charge in [0.25, 0.3) is 0 Å². The van der Waals surface area contributed by atoms with Crippen LogP contribution in [-0.2, 0) is 11.2 Å². The number of carbonyl (C=O) groups excluding carboxylic acids is 1. The van der Waals surface area contributed by atoms with E-state index in [1.807, 2.05) is 61.2 Å². The molecule has 1 aromatic heterocycles. The minimum absolute atomic E-state index is 0.0216. The Hall–Kier alpha value is -3.55. The van der Waals surface area contributed by atoms with Crippen LogP contribution in [0.25, 0.3) is 11.4 Å². The number of nitrogens with zero attached hydrogens (tertiary/aromatic N) is 3. The summed E-state index contributed by atoms with van der Waals surface area (Å²) in [5.41, 5.74) is 1.71. The number of hydrogen-bond acceptors (Lipinski definition) is 7. The van der Waals surface area contributed by atoms with Crippen LogP contribution < -0.4 is 14.2 Å². The zero-order chi connectivity index (χ0) is 23.2. The topological polar surface area (TPSA) is 86.9 Å².